The van der Waals surface area contributed by atoms with Crippen LogP contribution in [-0.2, 0) is 42.3 Å². The van der Waals surface area contributed by atoms with Gasteiger partial charge in [-0.1, -0.05) is 173 Å². The quantitative estimate of drug-likeness (QED) is 0.115. The molecule has 5 saturated carbocycles. The smallest absolute Gasteiger partial charge is 0.201 e. The first-order valence-corrected chi connectivity index (χ1v) is 43.1. The van der Waals surface area contributed by atoms with Crippen LogP contribution in [0, 0.1) is 82.9 Å². The lowest BCUT2D eigenvalue weighted by Crippen LogP contribution is -2.34. The summed E-state index contributed by atoms with van der Waals surface area (Å²) in [4.78, 5) is 0. The van der Waals surface area contributed by atoms with Crippen LogP contribution < -0.4 is 27.4 Å². The molecule has 0 saturated heterocycles. The Morgan fingerprint density at radius 1 is 0.252 bits per heavy atom. The molecule has 6 nitrogen and oxygen atoms in total. The summed E-state index contributed by atoms with van der Waals surface area (Å²) in [5.41, 5.74) is 34.5. The molecule has 0 amide bonds. The fourth-order valence-corrected chi connectivity index (χ4v) is 18.8. The van der Waals surface area contributed by atoms with Crippen molar-refractivity contribution in [3.63, 3.8) is 0 Å². The maximum Gasteiger partial charge on any atom is 0.212 e. The number of benzene rings is 6. The molecule has 17 rings (SSSR count). The molecule has 6 heteroatoms. The van der Waals surface area contributed by atoms with Gasteiger partial charge in [0.25, 0.3) is 0 Å². The van der Waals surface area contributed by atoms with E-state index in [4.69, 9.17) is 11.0 Å². The number of hydrogen-bond acceptors (Lipinski definition) is 0. The highest BCUT2D eigenvalue weighted by molar-refractivity contribution is 5.66. The molecule has 6 aromatic heterocycles. The molecule has 0 spiro atoms. The molecule has 0 aliphatic heterocycles. The predicted octanol–water partition coefficient (Wildman–Crippen LogP) is 25.1. The summed E-state index contributed by atoms with van der Waals surface area (Å²) in [5.74, 6) is 1.20. The normalized spacial score (nSPS) is 16.8. The summed E-state index contributed by atoms with van der Waals surface area (Å²) in [6.07, 6.45) is 35.3. The SMILES string of the molecule is Cc1ccccc1-c1cc(C)c(C2CCCC2)c[n+]1C.Cc1ccccc1-c1cc(C2CCCC2)c(C)c[n+]1C.Cc1ccccc1-c1ccc(C2CCCC2)c[n+]1C.[2H]C([2H])([2H])c1c[n+](C)c(-c2ccccc2C)cc1C1([2H])CCCC1.[2H]C([2H])([2H])c1cc(C)cc(-c2ccccc2C)[n+]1C.[2H]C1(c2c[n+](C)c(-c3ccccc3C)cc2C)CCCC1. The van der Waals surface area contributed by atoms with Gasteiger partial charge >= 0.3 is 0 Å². The zero-order valence-corrected chi connectivity index (χ0v) is 72.4. The molecule has 0 radical (unpaired) electrons. The Morgan fingerprint density at radius 3 is 0.983 bits per heavy atom. The summed E-state index contributed by atoms with van der Waals surface area (Å²) in [6.45, 7) is 17.1. The van der Waals surface area contributed by atoms with E-state index in [1.165, 1.54) is 185 Å². The van der Waals surface area contributed by atoms with Crippen molar-refractivity contribution in [3.05, 3.63) is 320 Å². The Labute approximate surface area is 705 Å². The van der Waals surface area contributed by atoms with Gasteiger partial charge in [-0.05, 0) is 274 Å². The number of nitrogens with zero attached hydrogens (tertiary/aromatic N) is 6. The van der Waals surface area contributed by atoms with E-state index in [9.17, 15) is 0 Å². The van der Waals surface area contributed by atoms with Crippen LogP contribution in [0.2, 0.25) is 0 Å². The van der Waals surface area contributed by atoms with Crippen molar-refractivity contribution < 1.29 is 38.4 Å². The van der Waals surface area contributed by atoms with Crippen molar-refractivity contribution in [2.24, 2.45) is 42.3 Å². The fourth-order valence-electron chi connectivity index (χ4n) is 18.8. The summed E-state index contributed by atoms with van der Waals surface area (Å²) in [5, 5.41) is 0. The van der Waals surface area contributed by atoms with Gasteiger partial charge in [0.1, 0.15) is 42.3 Å². The Balaban J connectivity index is 0.000000135. The van der Waals surface area contributed by atoms with Crippen molar-refractivity contribution in [1.29, 1.82) is 0 Å². The molecule has 5 aliphatic rings. The number of pyridine rings is 6. The van der Waals surface area contributed by atoms with Crippen LogP contribution in [0.15, 0.2) is 225 Å². The van der Waals surface area contributed by atoms with Gasteiger partial charge in [0.05, 0.1) is 0 Å². The molecule has 596 valence electrons. The fraction of sp³-hybridized carbons (Fsp3) is 0.394. The monoisotopic (exact) mass is 1540 g/mol. The maximum absolute atomic E-state index is 8.87. The van der Waals surface area contributed by atoms with Gasteiger partial charge in [-0.25, -0.2) is 22.8 Å². The summed E-state index contributed by atoms with van der Waals surface area (Å²) in [7, 11) is 12.3. The Morgan fingerprint density at radius 2 is 0.574 bits per heavy atom. The van der Waals surface area contributed by atoms with Crippen molar-refractivity contribution in [2.75, 3.05) is 0 Å². The number of hydrogen-bond donors (Lipinski definition) is 0. The van der Waals surface area contributed by atoms with Crippen molar-refractivity contribution in [1.82, 2.24) is 0 Å². The highest BCUT2D eigenvalue weighted by Crippen LogP contribution is 2.42. The molecular formula is C109H136N6+6. The topological polar surface area (TPSA) is 23.3 Å². The van der Waals surface area contributed by atoms with Crippen LogP contribution in [0.25, 0.3) is 67.5 Å². The largest absolute Gasteiger partial charge is 0.212 e. The van der Waals surface area contributed by atoms with E-state index in [0.717, 1.165) is 95.5 Å². The van der Waals surface area contributed by atoms with Crippen LogP contribution in [0.4, 0.5) is 0 Å². The minimum atomic E-state index is -2.20. The van der Waals surface area contributed by atoms with E-state index in [-0.39, 0.29) is 5.89 Å². The van der Waals surface area contributed by atoms with E-state index < -0.39 is 19.6 Å². The lowest BCUT2D eigenvalue weighted by Gasteiger charge is -2.14. The Hall–Kier alpha value is -9.78. The molecule has 5 aliphatic carbocycles. The lowest BCUT2D eigenvalue weighted by molar-refractivity contribution is -0.666. The van der Waals surface area contributed by atoms with E-state index in [1.807, 2.05) is 81.0 Å². The molecule has 12 aromatic rings. The summed E-state index contributed by atoms with van der Waals surface area (Å²) in [6, 6.07) is 67.9. The summed E-state index contributed by atoms with van der Waals surface area (Å²) < 4.78 is 77.0. The lowest BCUT2D eigenvalue weighted by atomic mass is 9.92. The molecular weight excluding hydrogens is 1390 g/mol. The zero-order chi connectivity index (χ0) is 88.2. The number of aromatic nitrogens is 6. The van der Waals surface area contributed by atoms with Gasteiger partial charge in [-0.15, -0.1) is 0 Å². The molecule has 6 aromatic carbocycles. The first-order chi connectivity index (χ1) is 58.6. The standard InChI is InChI=1S/4C19H24N.C18H22N.C15H18N/c2*1-14-8-4-7-11-17(14)19-12-18(15(2)13-20(19)3)16-9-5-6-10-16;2*1-14-8-4-7-11-17(14)19-12-15(2)18(13-20(19)3)16-9-5-6-10-16;1-14-7-3-6-10-17(14)18-12-11-16(13-19(18)2)15-8-4-5-9-15;1-11-9-13(3)16(4)15(10-11)14-8-6-5-7-12(14)2/h4*4,7-8,11-13,16H,5-6,9-10H2,1-3H3;3,6-7,10-13,15H,4-5,8-9H2,1-2H3;5-10H,1-4H3/q6*+1/i2D3,16D;;16D;;;3D3. The average molecular weight is 1540 g/mol. The predicted molar refractivity (Wildman–Crippen MR) is 481 cm³/mol. The van der Waals surface area contributed by atoms with Crippen molar-refractivity contribution >= 4 is 0 Å². The highest BCUT2D eigenvalue weighted by atomic mass is 15.0. The Bertz CT molecular complexity index is 5670. The van der Waals surface area contributed by atoms with Crippen LogP contribution in [0.5, 0.6) is 0 Å². The molecule has 0 bridgehead atoms. The van der Waals surface area contributed by atoms with Gasteiger partial charge in [-0.3, -0.25) is 0 Å². The van der Waals surface area contributed by atoms with E-state index in [2.05, 4.69) is 266 Å². The van der Waals surface area contributed by atoms with Gasteiger partial charge in [0, 0.05) is 121 Å². The maximum atomic E-state index is 8.87. The number of rotatable bonds is 11. The van der Waals surface area contributed by atoms with Crippen LogP contribution in [0.1, 0.15) is 264 Å². The minimum absolute atomic E-state index is 0.319. The molecule has 115 heavy (non-hydrogen) atoms. The first-order valence-electron chi connectivity index (χ1n) is 47.1. The minimum Gasteiger partial charge on any atom is -0.201 e. The first kappa shape index (κ1) is 74.1. The average Bonchev–Trinajstić information content (AvgIpc) is 1.68. The van der Waals surface area contributed by atoms with Crippen LogP contribution in [0.3, 0.4) is 0 Å². The van der Waals surface area contributed by atoms with Crippen molar-refractivity contribution in [3.8, 4) is 67.5 Å². The number of aryl methyl sites for hydroxylation is 17. The third-order valence-corrected chi connectivity index (χ3v) is 25.5. The van der Waals surface area contributed by atoms with Gasteiger partial charge in [0.15, 0.2) is 36.7 Å². The molecule has 5 fully saturated rings. The third-order valence-electron chi connectivity index (χ3n) is 25.5. The van der Waals surface area contributed by atoms with E-state index >= 15 is 0 Å². The third kappa shape index (κ3) is 20.9. The van der Waals surface area contributed by atoms with Gasteiger partial charge in [-0.2, -0.15) is 4.57 Å². The van der Waals surface area contributed by atoms with Gasteiger partial charge in [0.2, 0.25) is 34.2 Å². The Kier molecular flexibility index (Phi) is 25.6. The second kappa shape index (κ2) is 39.7. The van der Waals surface area contributed by atoms with Crippen molar-refractivity contribution in [2.45, 2.75) is 241 Å². The molecule has 6 heterocycles. The van der Waals surface area contributed by atoms with E-state index in [0.29, 0.717) is 16.8 Å². The van der Waals surface area contributed by atoms with Crippen LogP contribution in [-0.4, -0.2) is 0 Å². The zero-order valence-electron chi connectivity index (χ0n) is 80.4. The van der Waals surface area contributed by atoms with E-state index in [1.54, 1.807) is 28.0 Å². The second-order valence-corrected chi connectivity index (χ2v) is 34.1. The molecule has 0 N–H and O–H groups in total. The second-order valence-electron chi connectivity index (χ2n) is 34.1. The summed E-state index contributed by atoms with van der Waals surface area (Å²) >= 11 is 0. The molecule has 0 atom stereocenters. The highest BCUT2D eigenvalue weighted by Gasteiger charge is 2.29. The molecule has 0 unspecified atom stereocenters. The van der Waals surface area contributed by atoms with Crippen LogP contribution >= 0.6 is 0 Å². The van der Waals surface area contributed by atoms with Gasteiger partial charge < -0.3 is 0 Å².